The van der Waals surface area contributed by atoms with Gasteiger partial charge in [0.05, 0.1) is 0 Å². The Morgan fingerprint density at radius 2 is 0.588 bits per heavy atom. The second-order valence-electron chi connectivity index (χ2n) is 9.50. The Morgan fingerprint density at radius 1 is 0.412 bits per heavy atom. The molecule has 3 amide bonds. The van der Waals surface area contributed by atoms with Crippen LogP contribution in [0, 0.1) is 0 Å². The third kappa shape index (κ3) is 13.8. The molecule has 0 bridgehead atoms. The summed E-state index contributed by atoms with van der Waals surface area (Å²) in [6.07, 6.45) is 4.20. The summed E-state index contributed by atoms with van der Waals surface area (Å²) in [4.78, 5) is 33.9. The molecular formula is C33H42N3O12P3. The highest BCUT2D eigenvalue weighted by Gasteiger charge is 2.33. The molecule has 6 N–H and O–H groups in total. The number of primary amides is 3. The Balaban J connectivity index is 0.000000382. The SMILES string of the molecule is COP(=O)(OC)/C(=C/c1ccccc1)C(N)=O.COP(=O)(OC)/C(=C/c1ccccc1)C(N)=O.COP(=O)(OC)/C(=C/c1ccccc1)C(N)=O. The molecule has 3 aromatic carbocycles. The largest absolute Gasteiger partial charge is 0.366 e. The Bertz CT molecular complexity index is 1600. The normalized spacial score (nSPS) is 12.5. The molecule has 0 spiro atoms. The molecule has 18 heteroatoms. The second-order valence-corrected chi connectivity index (χ2v) is 16.1. The summed E-state index contributed by atoms with van der Waals surface area (Å²) in [5.41, 5.74) is 17.6. The van der Waals surface area contributed by atoms with Gasteiger partial charge in [-0.05, 0) is 34.9 Å². The first-order valence-corrected chi connectivity index (χ1v) is 19.1. The summed E-state index contributed by atoms with van der Waals surface area (Å²) in [5, 5.41) is -0.518. The lowest BCUT2D eigenvalue weighted by molar-refractivity contribution is -0.114. The minimum Gasteiger partial charge on any atom is -0.365 e. The Labute approximate surface area is 297 Å². The molecule has 0 heterocycles. The van der Waals surface area contributed by atoms with Gasteiger partial charge in [-0.3, -0.25) is 28.1 Å². The van der Waals surface area contributed by atoms with Crippen molar-refractivity contribution in [2.45, 2.75) is 0 Å². The van der Waals surface area contributed by atoms with Crippen molar-refractivity contribution in [3.05, 3.63) is 124 Å². The lowest BCUT2D eigenvalue weighted by Gasteiger charge is -2.14. The van der Waals surface area contributed by atoms with Crippen LogP contribution >= 0.6 is 22.8 Å². The Kier molecular flexibility index (Phi) is 19.2. The van der Waals surface area contributed by atoms with E-state index in [4.69, 9.17) is 44.3 Å². The van der Waals surface area contributed by atoms with Gasteiger partial charge in [-0.2, -0.15) is 0 Å². The Morgan fingerprint density at radius 3 is 0.725 bits per heavy atom. The average molecular weight is 766 g/mol. The maximum absolute atomic E-state index is 12.1. The number of amides is 3. The standard InChI is InChI=1S/3C11H14NO4P/c3*1-15-17(14,16-2)10(11(12)13)8-9-6-4-3-5-7-9/h3*3-8H,1-2H3,(H2,12,13)/b3*10-8+. The maximum atomic E-state index is 12.1. The van der Waals surface area contributed by atoms with E-state index in [9.17, 15) is 28.1 Å². The van der Waals surface area contributed by atoms with Crippen LogP contribution in [0.15, 0.2) is 107 Å². The molecule has 0 aliphatic heterocycles. The minimum atomic E-state index is -3.63. The summed E-state index contributed by atoms with van der Waals surface area (Å²) < 4.78 is 64.7. The van der Waals surface area contributed by atoms with Crippen LogP contribution in [0.25, 0.3) is 18.2 Å². The molecule has 0 aromatic heterocycles. The number of carbonyl (C=O) groups excluding carboxylic acids is 3. The summed E-state index contributed by atoms with van der Waals surface area (Å²) in [7, 11) is -3.68. The second kappa shape index (κ2) is 21.8. The van der Waals surface area contributed by atoms with E-state index < -0.39 is 40.5 Å². The van der Waals surface area contributed by atoms with Crippen LogP contribution in [-0.4, -0.2) is 60.4 Å². The van der Waals surface area contributed by atoms with Gasteiger partial charge in [0.1, 0.15) is 15.9 Å². The van der Waals surface area contributed by atoms with Gasteiger partial charge in [-0.1, -0.05) is 91.0 Å². The zero-order chi connectivity index (χ0) is 38.7. The summed E-state index contributed by atoms with van der Waals surface area (Å²) in [5.74, 6) is -2.50. The average Bonchev–Trinajstić information content (AvgIpc) is 3.15. The van der Waals surface area contributed by atoms with Crippen LogP contribution < -0.4 is 17.2 Å². The fourth-order valence-electron chi connectivity index (χ4n) is 3.79. The Hall–Kier alpha value is -4.26. The van der Waals surface area contributed by atoms with E-state index in [1.54, 1.807) is 72.8 Å². The van der Waals surface area contributed by atoms with E-state index in [0.717, 1.165) is 0 Å². The smallest absolute Gasteiger partial charge is 0.365 e. The molecule has 0 unspecified atom stereocenters. The third-order valence-corrected chi connectivity index (χ3v) is 12.1. The molecular weight excluding hydrogens is 723 g/mol. The highest BCUT2D eigenvalue weighted by molar-refractivity contribution is 7.60. The molecule has 3 aromatic rings. The predicted octanol–water partition coefficient (Wildman–Crippen LogP) is 6.00. The number of nitrogens with two attached hydrogens (primary N) is 3. The maximum Gasteiger partial charge on any atom is 0.366 e. The molecule has 15 nitrogen and oxygen atoms in total. The van der Waals surface area contributed by atoms with Crippen molar-refractivity contribution in [1.82, 2.24) is 0 Å². The minimum absolute atomic E-state index is 0.173. The zero-order valence-corrected chi connectivity index (χ0v) is 31.5. The monoisotopic (exact) mass is 765 g/mol. The van der Waals surface area contributed by atoms with Crippen LogP contribution in [-0.2, 0) is 55.2 Å². The van der Waals surface area contributed by atoms with Gasteiger partial charge >= 0.3 is 22.8 Å². The molecule has 0 aliphatic rings. The van der Waals surface area contributed by atoms with Gasteiger partial charge < -0.3 is 44.3 Å². The number of benzene rings is 3. The molecule has 0 radical (unpaired) electrons. The van der Waals surface area contributed by atoms with E-state index in [-0.39, 0.29) is 15.9 Å². The summed E-state index contributed by atoms with van der Waals surface area (Å²) in [6, 6.07) is 26.7. The number of carbonyl (C=O) groups is 3. The number of hydrogen-bond donors (Lipinski definition) is 3. The molecule has 0 aliphatic carbocycles. The van der Waals surface area contributed by atoms with E-state index in [0.29, 0.717) is 16.7 Å². The van der Waals surface area contributed by atoms with Crippen molar-refractivity contribution in [1.29, 1.82) is 0 Å². The van der Waals surface area contributed by atoms with E-state index in [2.05, 4.69) is 0 Å². The van der Waals surface area contributed by atoms with Gasteiger partial charge in [0.2, 0.25) is 0 Å². The highest BCUT2D eigenvalue weighted by Crippen LogP contribution is 2.56. The van der Waals surface area contributed by atoms with Gasteiger partial charge in [-0.15, -0.1) is 0 Å². The first kappa shape index (κ1) is 44.8. The predicted molar refractivity (Wildman–Crippen MR) is 196 cm³/mol. The fourth-order valence-corrected chi connectivity index (χ4v) is 7.15. The molecule has 0 saturated carbocycles. The van der Waals surface area contributed by atoms with Crippen LogP contribution in [0.1, 0.15) is 16.7 Å². The van der Waals surface area contributed by atoms with Crippen LogP contribution in [0.4, 0.5) is 0 Å². The van der Waals surface area contributed by atoms with Crippen molar-refractivity contribution >= 4 is 58.7 Å². The molecule has 0 fully saturated rings. The van der Waals surface area contributed by atoms with Gasteiger partial charge in [0.25, 0.3) is 17.7 Å². The van der Waals surface area contributed by atoms with Crippen molar-refractivity contribution in [2.75, 3.05) is 42.7 Å². The lowest BCUT2D eigenvalue weighted by atomic mass is 10.2. The number of hydrogen-bond acceptors (Lipinski definition) is 12. The van der Waals surface area contributed by atoms with E-state index in [1.165, 1.54) is 60.9 Å². The van der Waals surface area contributed by atoms with Crippen molar-refractivity contribution in [2.24, 2.45) is 17.2 Å². The first-order chi connectivity index (χ1) is 24.1. The zero-order valence-electron chi connectivity index (χ0n) is 28.9. The quantitative estimate of drug-likeness (QED) is 0.119. The third-order valence-electron chi connectivity index (χ3n) is 6.39. The molecule has 51 heavy (non-hydrogen) atoms. The first-order valence-electron chi connectivity index (χ1n) is 14.5. The van der Waals surface area contributed by atoms with Gasteiger partial charge in [0.15, 0.2) is 0 Å². The molecule has 3 rings (SSSR count). The molecule has 276 valence electrons. The summed E-state index contributed by atoms with van der Waals surface area (Å²) in [6.45, 7) is 0. The fraction of sp³-hybridized carbons (Fsp3) is 0.182. The highest BCUT2D eigenvalue weighted by atomic mass is 31.2. The van der Waals surface area contributed by atoms with Crippen LogP contribution in [0.2, 0.25) is 0 Å². The van der Waals surface area contributed by atoms with Crippen molar-refractivity contribution in [3.8, 4) is 0 Å². The van der Waals surface area contributed by atoms with Crippen LogP contribution in [0.5, 0.6) is 0 Å². The molecule has 0 atom stereocenters. The number of rotatable bonds is 15. The van der Waals surface area contributed by atoms with Crippen molar-refractivity contribution in [3.63, 3.8) is 0 Å². The topological polar surface area (TPSA) is 236 Å². The van der Waals surface area contributed by atoms with E-state index >= 15 is 0 Å². The lowest BCUT2D eigenvalue weighted by Crippen LogP contribution is -2.15. The molecule has 0 saturated heterocycles. The van der Waals surface area contributed by atoms with Gasteiger partial charge in [-0.25, -0.2) is 0 Å². The van der Waals surface area contributed by atoms with E-state index in [1.807, 2.05) is 18.2 Å². The summed E-state index contributed by atoms with van der Waals surface area (Å²) >= 11 is 0. The van der Waals surface area contributed by atoms with Gasteiger partial charge in [0, 0.05) is 42.7 Å². The van der Waals surface area contributed by atoms with Crippen LogP contribution in [0.3, 0.4) is 0 Å². The van der Waals surface area contributed by atoms with Crippen molar-refractivity contribution < 1.29 is 55.2 Å².